The van der Waals surface area contributed by atoms with E-state index in [0.29, 0.717) is 41.3 Å². The molecule has 0 saturated heterocycles. The molecule has 1 aromatic heterocycles. The maximum absolute atomic E-state index is 13.4. The van der Waals surface area contributed by atoms with Crippen LogP contribution in [0.15, 0.2) is 102 Å². The molecule has 34 heavy (non-hydrogen) atoms. The minimum Gasteiger partial charge on any atom is -0.493 e. The van der Waals surface area contributed by atoms with E-state index in [0.717, 1.165) is 16.7 Å². The molecule has 0 aliphatic rings. The SMILES string of the molecule is C=CCOc1c(CC=C)cc(C=Nn2c(-c3ccccc3)nc3ccccc3c2=O)cc1OC. The van der Waals surface area contributed by atoms with Crippen molar-refractivity contribution in [1.29, 1.82) is 0 Å². The van der Waals surface area contributed by atoms with Gasteiger partial charge in [-0.1, -0.05) is 61.2 Å². The molecule has 0 radical (unpaired) electrons. The second-order valence-electron chi connectivity index (χ2n) is 7.48. The molecule has 0 amide bonds. The quantitative estimate of drug-likeness (QED) is 0.258. The van der Waals surface area contributed by atoms with Gasteiger partial charge in [0.05, 0.1) is 24.2 Å². The van der Waals surface area contributed by atoms with Crippen molar-refractivity contribution in [3.05, 3.63) is 114 Å². The van der Waals surface area contributed by atoms with Gasteiger partial charge in [0, 0.05) is 11.1 Å². The number of hydrogen-bond donors (Lipinski definition) is 0. The summed E-state index contributed by atoms with van der Waals surface area (Å²) in [4.78, 5) is 18.1. The van der Waals surface area contributed by atoms with E-state index in [4.69, 9.17) is 14.5 Å². The van der Waals surface area contributed by atoms with Gasteiger partial charge >= 0.3 is 0 Å². The van der Waals surface area contributed by atoms with Crippen molar-refractivity contribution in [1.82, 2.24) is 9.66 Å². The lowest BCUT2D eigenvalue weighted by Crippen LogP contribution is -2.20. The first-order chi connectivity index (χ1) is 16.7. The summed E-state index contributed by atoms with van der Waals surface area (Å²) >= 11 is 0. The van der Waals surface area contributed by atoms with E-state index < -0.39 is 0 Å². The number of allylic oxidation sites excluding steroid dienone is 1. The Labute approximate surface area is 198 Å². The molecule has 0 saturated carbocycles. The van der Waals surface area contributed by atoms with Gasteiger partial charge in [0.25, 0.3) is 5.56 Å². The number of para-hydroxylation sites is 1. The van der Waals surface area contributed by atoms with Crippen LogP contribution in [0.4, 0.5) is 0 Å². The lowest BCUT2D eigenvalue weighted by Gasteiger charge is -2.15. The van der Waals surface area contributed by atoms with Crippen LogP contribution < -0.4 is 15.0 Å². The van der Waals surface area contributed by atoms with Crippen molar-refractivity contribution in [3.8, 4) is 22.9 Å². The van der Waals surface area contributed by atoms with Gasteiger partial charge in [-0.3, -0.25) is 4.79 Å². The number of aromatic nitrogens is 2. The number of nitrogens with zero attached hydrogens (tertiary/aromatic N) is 3. The van der Waals surface area contributed by atoms with Crippen LogP contribution in [0, 0.1) is 0 Å². The average Bonchev–Trinajstić information content (AvgIpc) is 2.87. The maximum Gasteiger partial charge on any atom is 0.282 e. The van der Waals surface area contributed by atoms with E-state index in [-0.39, 0.29) is 5.56 Å². The summed E-state index contributed by atoms with van der Waals surface area (Å²) in [5, 5.41) is 5.05. The average molecular weight is 452 g/mol. The molecular formula is C28H25N3O3. The minimum absolute atomic E-state index is 0.245. The third-order valence-corrected chi connectivity index (χ3v) is 5.19. The summed E-state index contributed by atoms with van der Waals surface area (Å²) in [7, 11) is 1.58. The van der Waals surface area contributed by atoms with Gasteiger partial charge in [-0.05, 0) is 36.2 Å². The van der Waals surface area contributed by atoms with E-state index in [1.54, 1.807) is 31.5 Å². The normalized spacial score (nSPS) is 11.0. The van der Waals surface area contributed by atoms with Crippen LogP contribution >= 0.6 is 0 Å². The van der Waals surface area contributed by atoms with Crippen LogP contribution in [0.2, 0.25) is 0 Å². The zero-order valence-corrected chi connectivity index (χ0v) is 19.0. The molecule has 0 aliphatic carbocycles. The predicted octanol–water partition coefficient (Wildman–Crippen LogP) is 5.25. The van der Waals surface area contributed by atoms with Crippen molar-refractivity contribution in [2.24, 2.45) is 5.10 Å². The van der Waals surface area contributed by atoms with Gasteiger partial charge in [-0.25, -0.2) is 4.98 Å². The molecular weight excluding hydrogens is 426 g/mol. The standard InChI is InChI=1S/C28H25N3O3/c1-4-11-22-17-20(18-25(33-3)26(22)34-16-5-2)19-29-31-27(21-12-7-6-8-13-21)30-24-15-10-9-14-23(24)28(31)32/h4-10,12-15,17-19H,1-2,11,16H2,3H3. The summed E-state index contributed by atoms with van der Waals surface area (Å²) in [5.74, 6) is 1.66. The largest absolute Gasteiger partial charge is 0.493 e. The van der Waals surface area contributed by atoms with Crippen LogP contribution in [0.5, 0.6) is 11.5 Å². The van der Waals surface area contributed by atoms with Crippen LogP contribution in [-0.4, -0.2) is 29.6 Å². The molecule has 0 fully saturated rings. The Morgan fingerprint density at radius 1 is 1.03 bits per heavy atom. The van der Waals surface area contributed by atoms with Gasteiger partial charge in [0.2, 0.25) is 0 Å². The van der Waals surface area contributed by atoms with Crippen molar-refractivity contribution in [2.45, 2.75) is 6.42 Å². The Bertz CT molecular complexity index is 1420. The van der Waals surface area contributed by atoms with E-state index >= 15 is 0 Å². The van der Waals surface area contributed by atoms with Gasteiger partial charge in [0.1, 0.15) is 6.61 Å². The smallest absolute Gasteiger partial charge is 0.282 e. The highest BCUT2D eigenvalue weighted by atomic mass is 16.5. The van der Waals surface area contributed by atoms with E-state index in [1.165, 1.54) is 4.68 Å². The second kappa shape index (κ2) is 10.4. The number of methoxy groups -OCH3 is 1. The molecule has 0 bridgehead atoms. The van der Waals surface area contributed by atoms with E-state index in [1.807, 2.05) is 60.7 Å². The number of fused-ring (bicyclic) bond motifs is 1. The number of ether oxygens (including phenoxy) is 2. The predicted molar refractivity (Wildman–Crippen MR) is 137 cm³/mol. The highest BCUT2D eigenvalue weighted by Crippen LogP contribution is 2.33. The molecule has 6 heteroatoms. The Hall–Kier alpha value is -4.45. The molecule has 0 unspecified atom stereocenters. The van der Waals surface area contributed by atoms with Crippen molar-refractivity contribution in [3.63, 3.8) is 0 Å². The van der Waals surface area contributed by atoms with Crippen LogP contribution in [0.1, 0.15) is 11.1 Å². The molecule has 6 nitrogen and oxygen atoms in total. The lowest BCUT2D eigenvalue weighted by molar-refractivity contribution is 0.323. The highest BCUT2D eigenvalue weighted by molar-refractivity contribution is 5.83. The second-order valence-corrected chi connectivity index (χ2v) is 7.48. The zero-order valence-electron chi connectivity index (χ0n) is 19.0. The van der Waals surface area contributed by atoms with Crippen LogP contribution in [-0.2, 0) is 6.42 Å². The minimum atomic E-state index is -0.245. The van der Waals surface area contributed by atoms with Gasteiger partial charge in [-0.15, -0.1) is 6.58 Å². The molecule has 4 aromatic rings. The van der Waals surface area contributed by atoms with E-state index in [2.05, 4.69) is 18.3 Å². The summed E-state index contributed by atoms with van der Waals surface area (Å²) in [6.45, 7) is 7.90. The first kappa shape index (κ1) is 22.7. The molecule has 0 aliphatic heterocycles. The van der Waals surface area contributed by atoms with Crippen LogP contribution in [0.25, 0.3) is 22.3 Å². The monoisotopic (exact) mass is 451 g/mol. The first-order valence-electron chi connectivity index (χ1n) is 10.8. The molecule has 0 N–H and O–H groups in total. The van der Waals surface area contributed by atoms with Crippen molar-refractivity contribution < 1.29 is 9.47 Å². The fourth-order valence-corrected chi connectivity index (χ4v) is 3.65. The fraction of sp³-hybridized carbons (Fsp3) is 0.107. The Kier molecular flexibility index (Phi) is 6.98. The maximum atomic E-state index is 13.4. The van der Waals surface area contributed by atoms with Gasteiger partial charge in [-0.2, -0.15) is 9.78 Å². The first-order valence-corrected chi connectivity index (χ1v) is 10.8. The van der Waals surface area contributed by atoms with Gasteiger partial charge < -0.3 is 9.47 Å². The van der Waals surface area contributed by atoms with E-state index in [9.17, 15) is 4.79 Å². The molecule has 3 aromatic carbocycles. The number of rotatable bonds is 9. The Morgan fingerprint density at radius 3 is 2.53 bits per heavy atom. The molecule has 170 valence electrons. The van der Waals surface area contributed by atoms with Crippen molar-refractivity contribution in [2.75, 3.05) is 13.7 Å². The number of benzene rings is 3. The Morgan fingerprint density at radius 2 is 1.79 bits per heavy atom. The van der Waals surface area contributed by atoms with Crippen molar-refractivity contribution >= 4 is 17.1 Å². The summed E-state index contributed by atoms with van der Waals surface area (Å²) < 4.78 is 12.7. The molecule has 4 rings (SSSR count). The summed E-state index contributed by atoms with van der Waals surface area (Å²) in [5.41, 5.74) is 2.81. The third kappa shape index (κ3) is 4.66. The zero-order chi connectivity index (χ0) is 23.9. The Balaban J connectivity index is 1.86. The molecule has 1 heterocycles. The van der Waals surface area contributed by atoms with Gasteiger partial charge in [0.15, 0.2) is 17.3 Å². The molecule has 0 spiro atoms. The summed E-state index contributed by atoms with van der Waals surface area (Å²) in [6.07, 6.45) is 5.67. The third-order valence-electron chi connectivity index (χ3n) is 5.19. The fourth-order valence-electron chi connectivity index (χ4n) is 3.65. The summed E-state index contributed by atoms with van der Waals surface area (Å²) in [6, 6.07) is 20.5. The topological polar surface area (TPSA) is 65.7 Å². The lowest BCUT2D eigenvalue weighted by atomic mass is 10.1. The highest BCUT2D eigenvalue weighted by Gasteiger charge is 2.14. The number of hydrogen-bond acceptors (Lipinski definition) is 5. The van der Waals surface area contributed by atoms with Crippen LogP contribution in [0.3, 0.4) is 0 Å². The molecule has 0 atom stereocenters.